The lowest BCUT2D eigenvalue weighted by molar-refractivity contribution is -0.142. The summed E-state index contributed by atoms with van der Waals surface area (Å²) in [5.74, 6) is 2.51. The quantitative estimate of drug-likeness (QED) is 0.679. The van der Waals surface area contributed by atoms with Crippen molar-refractivity contribution in [2.45, 2.75) is 38.4 Å². The van der Waals surface area contributed by atoms with Crippen molar-refractivity contribution in [2.24, 2.45) is 5.92 Å². The number of piperidine rings is 2. The minimum absolute atomic E-state index is 0.230. The number of carbonyl (C=O) groups is 1. The average molecular weight is 426 g/mol. The number of methoxy groups -OCH3 is 3. The number of rotatable bonds is 7. The van der Waals surface area contributed by atoms with Gasteiger partial charge in [-0.25, -0.2) is 0 Å². The van der Waals surface area contributed by atoms with Gasteiger partial charge < -0.3 is 19.1 Å². The lowest BCUT2D eigenvalue weighted by Gasteiger charge is -2.47. The third-order valence-corrected chi connectivity index (χ3v) is 6.42. The van der Waals surface area contributed by atoms with E-state index in [9.17, 15) is 4.79 Å². The van der Waals surface area contributed by atoms with Crippen LogP contribution in [0.4, 0.5) is 0 Å². The number of carbonyl (C=O) groups excluding carboxylic acids is 1. The highest BCUT2D eigenvalue weighted by atomic mass is 16.5. The van der Waals surface area contributed by atoms with Crippen LogP contribution in [0.3, 0.4) is 0 Å². The number of benzene rings is 1. The Labute approximate surface area is 183 Å². The summed E-state index contributed by atoms with van der Waals surface area (Å²) < 4.78 is 16.4. The monoisotopic (exact) mass is 425 g/mol. The van der Waals surface area contributed by atoms with Gasteiger partial charge in [0.25, 0.3) is 0 Å². The van der Waals surface area contributed by atoms with E-state index in [4.69, 9.17) is 14.2 Å². The first-order valence-corrected chi connectivity index (χ1v) is 10.8. The van der Waals surface area contributed by atoms with E-state index in [-0.39, 0.29) is 11.9 Å². The van der Waals surface area contributed by atoms with E-state index in [1.54, 1.807) is 21.3 Å². The number of likely N-dealkylation sites (tertiary alicyclic amines) is 2. The zero-order chi connectivity index (χ0) is 21.8. The summed E-state index contributed by atoms with van der Waals surface area (Å²) in [4.78, 5) is 21.9. The molecule has 0 radical (unpaired) electrons. The molecule has 7 heteroatoms. The first-order valence-electron chi connectivity index (χ1n) is 10.8. The van der Waals surface area contributed by atoms with Gasteiger partial charge in [0.1, 0.15) is 0 Å². The van der Waals surface area contributed by atoms with Crippen LogP contribution in [0.2, 0.25) is 0 Å². The van der Waals surface area contributed by atoms with Crippen molar-refractivity contribution in [3.05, 3.63) is 47.8 Å². The zero-order valence-electron chi connectivity index (χ0n) is 18.5. The molecule has 2 fully saturated rings. The van der Waals surface area contributed by atoms with Crippen LogP contribution in [0.5, 0.6) is 17.2 Å². The minimum Gasteiger partial charge on any atom is -0.493 e. The normalized spacial score (nSPS) is 21.5. The van der Waals surface area contributed by atoms with Gasteiger partial charge in [0.05, 0.1) is 27.0 Å². The second-order valence-electron chi connectivity index (χ2n) is 8.27. The predicted octanol–water partition coefficient (Wildman–Crippen LogP) is 3.12. The van der Waals surface area contributed by atoms with E-state index >= 15 is 0 Å². The largest absolute Gasteiger partial charge is 0.493 e. The summed E-state index contributed by atoms with van der Waals surface area (Å²) in [6.07, 6.45) is 4.38. The van der Waals surface area contributed by atoms with Crippen LogP contribution in [0.1, 0.15) is 30.5 Å². The molecular formula is C24H31N3O4. The predicted molar refractivity (Wildman–Crippen MR) is 117 cm³/mol. The molecule has 31 heavy (non-hydrogen) atoms. The van der Waals surface area contributed by atoms with E-state index in [2.05, 4.69) is 20.9 Å². The maximum atomic E-state index is 12.9. The summed E-state index contributed by atoms with van der Waals surface area (Å²) in [6, 6.07) is 10.2. The van der Waals surface area contributed by atoms with Crippen molar-refractivity contribution in [1.82, 2.24) is 14.8 Å². The first kappa shape index (κ1) is 21.4. The Kier molecular flexibility index (Phi) is 6.61. The number of nitrogens with zero attached hydrogens (tertiary/aromatic N) is 3. The molecule has 1 amide bonds. The van der Waals surface area contributed by atoms with E-state index in [1.807, 2.05) is 30.5 Å². The molecule has 0 aliphatic carbocycles. The van der Waals surface area contributed by atoms with Crippen LogP contribution < -0.4 is 14.2 Å². The topological polar surface area (TPSA) is 64.1 Å². The second kappa shape index (κ2) is 9.56. The van der Waals surface area contributed by atoms with E-state index < -0.39 is 0 Å². The molecule has 4 rings (SSSR count). The molecule has 3 heterocycles. The summed E-state index contributed by atoms with van der Waals surface area (Å²) in [5, 5.41) is 0. The molecule has 0 N–H and O–H groups in total. The Hall–Kier alpha value is -2.80. The SMILES string of the molecule is COc1cc(CN2C(=O)CC[C@@H]3CN(Cc4ccccn4)CC[C@@H]32)cc(OC)c1OC. The van der Waals surface area contributed by atoms with Gasteiger partial charge in [-0.15, -0.1) is 0 Å². The van der Waals surface area contributed by atoms with Crippen molar-refractivity contribution >= 4 is 5.91 Å². The molecule has 2 saturated heterocycles. The van der Waals surface area contributed by atoms with Crippen LogP contribution in [0, 0.1) is 5.92 Å². The fourth-order valence-electron chi connectivity index (χ4n) is 4.92. The maximum Gasteiger partial charge on any atom is 0.223 e. The van der Waals surface area contributed by atoms with Crippen molar-refractivity contribution in [1.29, 1.82) is 0 Å². The third-order valence-electron chi connectivity index (χ3n) is 6.42. The molecule has 7 nitrogen and oxygen atoms in total. The summed E-state index contributed by atoms with van der Waals surface area (Å²) in [5.41, 5.74) is 2.08. The molecule has 0 unspecified atom stereocenters. The summed E-state index contributed by atoms with van der Waals surface area (Å²) in [6.45, 7) is 3.39. The van der Waals surface area contributed by atoms with Crippen LogP contribution in [-0.4, -0.2) is 61.2 Å². The first-order chi connectivity index (χ1) is 15.1. The third kappa shape index (κ3) is 4.61. The van der Waals surface area contributed by atoms with Gasteiger partial charge in [-0.3, -0.25) is 14.7 Å². The number of fused-ring (bicyclic) bond motifs is 1. The molecule has 2 aliphatic rings. The molecule has 166 valence electrons. The number of hydrogen-bond donors (Lipinski definition) is 0. The Morgan fingerprint density at radius 2 is 1.81 bits per heavy atom. The second-order valence-corrected chi connectivity index (χ2v) is 8.27. The zero-order valence-corrected chi connectivity index (χ0v) is 18.5. The van der Waals surface area contributed by atoms with Crippen LogP contribution in [0.15, 0.2) is 36.5 Å². The van der Waals surface area contributed by atoms with E-state index in [1.165, 1.54) is 0 Å². The Bertz CT molecular complexity index is 880. The molecule has 0 saturated carbocycles. The summed E-state index contributed by atoms with van der Waals surface area (Å²) in [7, 11) is 4.82. The van der Waals surface area contributed by atoms with Gasteiger partial charge in [0.2, 0.25) is 11.7 Å². The number of pyridine rings is 1. The molecule has 0 bridgehead atoms. The van der Waals surface area contributed by atoms with Gasteiger partial charge in [-0.2, -0.15) is 0 Å². The van der Waals surface area contributed by atoms with Gasteiger partial charge >= 0.3 is 0 Å². The van der Waals surface area contributed by atoms with E-state index in [0.29, 0.717) is 36.1 Å². The molecule has 1 aromatic carbocycles. The highest BCUT2D eigenvalue weighted by molar-refractivity contribution is 5.77. The number of amides is 1. The van der Waals surface area contributed by atoms with Gasteiger partial charge in [-0.1, -0.05) is 6.07 Å². The van der Waals surface area contributed by atoms with Crippen molar-refractivity contribution in [3.8, 4) is 17.2 Å². The molecule has 2 aliphatic heterocycles. The minimum atomic E-state index is 0.230. The number of ether oxygens (including phenoxy) is 3. The van der Waals surface area contributed by atoms with Gasteiger partial charge in [-0.05, 0) is 48.6 Å². The fraction of sp³-hybridized carbons (Fsp3) is 0.500. The lowest BCUT2D eigenvalue weighted by atomic mass is 9.83. The van der Waals surface area contributed by atoms with E-state index in [0.717, 1.165) is 43.7 Å². The molecule has 2 atom stereocenters. The molecule has 2 aromatic rings. The Morgan fingerprint density at radius 3 is 2.45 bits per heavy atom. The van der Waals surface area contributed by atoms with Crippen molar-refractivity contribution in [3.63, 3.8) is 0 Å². The molecular weight excluding hydrogens is 394 g/mol. The van der Waals surface area contributed by atoms with Crippen molar-refractivity contribution < 1.29 is 19.0 Å². The fourth-order valence-corrected chi connectivity index (χ4v) is 4.92. The van der Waals surface area contributed by atoms with Crippen LogP contribution >= 0.6 is 0 Å². The lowest BCUT2D eigenvalue weighted by Crippen LogP contribution is -2.55. The Balaban J connectivity index is 1.49. The number of hydrogen-bond acceptors (Lipinski definition) is 6. The van der Waals surface area contributed by atoms with Crippen LogP contribution in [0.25, 0.3) is 0 Å². The standard InChI is InChI=1S/C24H31N3O4/c1-29-21-12-17(13-22(30-2)24(21)31-3)14-27-20-9-11-26(15-18(20)7-8-23(27)28)16-19-6-4-5-10-25-19/h4-6,10,12-13,18,20H,7-9,11,14-16H2,1-3H3/t18-,20+/m1/s1. The highest BCUT2D eigenvalue weighted by Crippen LogP contribution is 2.39. The highest BCUT2D eigenvalue weighted by Gasteiger charge is 2.39. The Morgan fingerprint density at radius 1 is 1.03 bits per heavy atom. The smallest absolute Gasteiger partial charge is 0.223 e. The maximum absolute atomic E-state index is 12.9. The summed E-state index contributed by atoms with van der Waals surface area (Å²) >= 11 is 0. The van der Waals surface area contributed by atoms with Crippen LogP contribution in [-0.2, 0) is 17.9 Å². The average Bonchev–Trinajstić information content (AvgIpc) is 2.80. The molecule has 1 aromatic heterocycles. The van der Waals surface area contributed by atoms with Crippen molar-refractivity contribution in [2.75, 3.05) is 34.4 Å². The van der Waals surface area contributed by atoms with Gasteiger partial charge in [0, 0.05) is 44.8 Å². The number of aromatic nitrogens is 1. The molecule has 0 spiro atoms. The van der Waals surface area contributed by atoms with Gasteiger partial charge in [0.15, 0.2) is 11.5 Å².